The minimum atomic E-state index is -0.157. The van der Waals surface area contributed by atoms with Crippen LogP contribution in [0.5, 0.6) is 0 Å². The predicted octanol–water partition coefficient (Wildman–Crippen LogP) is 4.80. The molecule has 1 amide bonds. The van der Waals surface area contributed by atoms with Gasteiger partial charge in [-0.2, -0.15) is 0 Å². The van der Waals surface area contributed by atoms with Crippen LogP contribution in [0.25, 0.3) is 0 Å². The molecule has 0 heterocycles. The third kappa shape index (κ3) is 3.06. The normalized spacial score (nSPS) is 13.6. The van der Waals surface area contributed by atoms with E-state index in [1.54, 1.807) is 24.3 Å². The first-order valence-corrected chi connectivity index (χ1v) is 7.13. The van der Waals surface area contributed by atoms with Gasteiger partial charge in [0.15, 0.2) is 0 Å². The summed E-state index contributed by atoms with van der Waals surface area (Å²) >= 11 is 5.93. The highest BCUT2D eigenvalue weighted by molar-refractivity contribution is 6.31. The zero-order valence-corrected chi connectivity index (χ0v) is 12.0. The summed E-state index contributed by atoms with van der Waals surface area (Å²) in [6, 6.07) is 14.8. The standard InChI is InChI=1S/C18H14ClNO/c19-15-9-5-8-14(12-15)18(21)20-17-11-4-3-10-16(17)13-6-1-2-7-13/h1-13H,(H,20,21). The highest BCUT2D eigenvalue weighted by atomic mass is 35.5. The molecule has 1 aliphatic carbocycles. The van der Waals surface area contributed by atoms with Gasteiger partial charge >= 0.3 is 0 Å². The molecule has 1 N–H and O–H groups in total. The van der Waals surface area contributed by atoms with Crippen LogP contribution in [0.1, 0.15) is 21.8 Å². The SMILES string of the molecule is O=C(Nc1ccccc1C1C=CC=C1)c1cccc(Cl)c1. The Morgan fingerprint density at radius 1 is 1.00 bits per heavy atom. The zero-order chi connectivity index (χ0) is 14.7. The molecule has 0 radical (unpaired) electrons. The maximum Gasteiger partial charge on any atom is 0.255 e. The Morgan fingerprint density at radius 3 is 2.52 bits per heavy atom. The molecule has 0 saturated carbocycles. The zero-order valence-electron chi connectivity index (χ0n) is 11.3. The van der Waals surface area contributed by atoms with Gasteiger partial charge in [0.1, 0.15) is 0 Å². The van der Waals surface area contributed by atoms with E-state index in [0.717, 1.165) is 11.3 Å². The molecule has 0 aromatic heterocycles. The fraction of sp³-hybridized carbons (Fsp3) is 0.0556. The van der Waals surface area contributed by atoms with Crippen molar-refractivity contribution in [1.29, 1.82) is 0 Å². The lowest BCUT2D eigenvalue weighted by atomic mass is 9.98. The minimum Gasteiger partial charge on any atom is -0.322 e. The molecule has 0 bridgehead atoms. The van der Waals surface area contributed by atoms with Crippen molar-refractivity contribution in [1.82, 2.24) is 0 Å². The van der Waals surface area contributed by atoms with Crippen LogP contribution in [-0.2, 0) is 0 Å². The van der Waals surface area contributed by atoms with E-state index in [2.05, 4.69) is 17.5 Å². The number of halogens is 1. The van der Waals surface area contributed by atoms with Crippen LogP contribution in [0.3, 0.4) is 0 Å². The summed E-state index contributed by atoms with van der Waals surface area (Å²) in [7, 11) is 0. The molecule has 2 nitrogen and oxygen atoms in total. The molecule has 1 aliphatic rings. The van der Waals surface area contributed by atoms with Crippen LogP contribution in [0.4, 0.5) is 5.69 Å². The Balaban J connectivity index is 1.86. The second-order valence-electron chi connectivity index (χ2n) is 4.85. The molecule has 2 aromatic carbocycles. The van der Waals surface area contributed by atoms with Crippen LogP contribution in [0, 0.1) is 0 Å². The van der Waals surface area contributed by atoms with E-state index in [1.165, 1.54) is 0 Å². The third-order valence-corrected chi connectivity index (χ3v) is 3.64. The Bertz CT molecular complexity index is 722. The average molecular weight is 296 g/mol. The van der Waals surface area contributed by atoms with Crippen molar-refractivity contribution < 1.29 is 4.79 Å². The van der Waals surface area contributed by atoms with E-state index in [9.17, 15) is 4.79 Å². The Hall–Kier alpha value is -2.32. The van der Waals surface area contributed by atoms with Gasteiger partial charge in [-0.05, 0) is 29.8 Å². The number of allylic oxidation sites excluding steroid dienone is 4. The van der Waals surface area contributed by atoms with Crippen molar-refractivity contribution >= 4 is 23.2 Å². The monoisotopic (exact) mass is 295 g/mol. The first kappa shape index (κ1) is 13.7. The molecule has 0 saturated heterocycles. The lowest BCUT2D eigenvalue weighted by Gasteiger charge is -2.14. The van der Waals surface area contributed by atoms with E-state index < -0.39 is 0 Å². The number of benzene rings is 2. The molecule has 0 aliphatic heterocycles. The van der Waals surface area contributed by atoms with E-state index in [-0.39, 0.29) is 11.8 Å². The number of amides is 1. The highest BCUT2D eigenvalue weighted by Gasteiger charge is 2.14. The van der Waals surface area contributed by atoms with E-state index >= 15 is 0 Å². The molecule has 0 spiro atoms. The number of nitrogens with one attached hydrogen (secondary N) is 1. The van der Waals surface area contributed by atoms with Crippen LogP contribution in [0.2, 0.25) is 5.02 Å². The van der Waals surface area contributed by atoms with E-state index in [0.29, 0.717) is 10.6 Å². The molecule has 2 aromatic rings. The number of carbonyl (C=O) groups is 1. The van der Waals surface area contributed by atoms with Crippen molar-refractivity contribution in [2.24, 2.45) is 0 Å². The van der Waals surface area contributed by atoms with Crippen LogP contribution >= 0.6 is 11.6 Å². The fourth-order valence-electron chi connectivity index (χ4n) is 2.36. The second kappa shape index (κ2) is 5.98. The number of hydrogen-bond acceptors (Lipinski definition) is 1. The van der Waals surface area contributed by atoms with Gasteiger partial charge in [-0.15, -0.1) is 0 Å². The Kier molecular flexibility index (Phi) is 3.89. The van der Waals surface area contributed by atoms with Gasteiger partial charge < -0.3 is 5.32 Å². The molecular weight excluding hydrogens is 282 g/mol. The minimum absolute atomic E-state index is 0.157. The van der Waals surface area contributed by atoms with Gasteiger partial charge in [-0.25, -0.2) is 0 Å². The van der Waals surface area contributed by atoms with Gasteiger partial charge in [0.2, 0.25) is 0 Å². The molecular formula is C18H14ClNO. The number of rotatable bonds is 3. The summed E-state index contributed by atoms with van der Waals surface area (Å²) in [6.07, 6.45) is 8.23. The second-order valence-corrected chi connectivity index (χ2v) is 5.28. The van der Waals surface area contributed by atoms with Crippen molar-refractivity contribution in [2.75, 3.05) is 5.32 Å². The van der Waals surface area contributed by atoms with Crippen molar-refractivity contribution in [3.05, 3.63) is 89.0 Å². The largest absolute Gasteiger partial charge is 0.322 e. The summed E-state index contributed by atoms with van der Waals surface area (Å²) in [6.45, 7) is 0. The quantitative estimate of drug-likeness (QED) is 0.865. The van der Waals surface area contributed by atoms with Crippen molar-refractivity contribution in [3.8, 4) is 0 Å². The Labute approximate surface area is 128 Å². The maximum atomic E-state index is 12.3. The summed E-state index contributed by atoms with van der Waals surface area (Å²) in [5, 5.41) is 3.52. The van der Waals surface area contributed by atoms with Crippen LogP contribution < -0.4 is 5.32 Å². The molecule has 3 rings (SSSR count). The number of carbonyl (C=O) groups excluding carboxylic acids is 1. The first-order chi connectivity index (χ1) is 10.2. The summed E-state index contributed by atoms with van der Waals surface area (Å²) in [5.74, 6) is 0.0526. The van der Waals surface area contributed by atoms with E-state index in [4.69, 9.17) is 11.6 Å². The van der Waals surface area contributed by atoms with Crippen molar-refractivity contribution in [2.45, 2.75) is 5.92 Å². The van der Waals surface area contributed by atoms with Crippen molar-refractivity contribution in [3.63, 3.8) is 0 Å². The predicted molar refractivity (Wildman–Crippen MR) is 86.9 cm³/mol. The molecule has 21 heavy (non-hydrogen) atoms. The lowest BCUT2D eigenvalue weighted by Crippen LogP contribution is -2.13. The first-order valence-electron chi connectivity index (χ1n) is 6.75. The van der Waals surface area contributed by atoms with Crippen LogP contribution in [-0.4, -0.2) is 5.91 Å². The summed E-state index contributed by atoms with van der Waals surface area (Å²) in [4.78, 5) is 12.3. The lowest BCUT2D eigenvalue weighted by molar-refractivity contribution is 0.102. The number of hydrogen-bond donors (Lipinski definition) is 1. The van der Waals surface area contributed by atoms with Crippen LogP contribution in [0.15, 0.2) is 72.8 Å². The maximum absolute atomic E-state index is 12.3. The molecule has 0 atom stereocenters. The topological polar surface area (TPSA) is 29.1 Å². The molecule has 104 valence electrons. The van der Waals surface area contributed by atoms with Gasteiger partial charge in [-0.3, -0.25) is 4.79 Å². The van der Waals surface area contributed by atoms with Gasteiger partial charge in [-0.1, -0.05) is 60.2 Å². The molecule has 3 heteroatoms. The summed E-state index contributed by atoms with van der Waals surface area (Å²) in [5.41, 5.74) is 2.45. The third-order valence-electron chi connectivity index (χ3n) is 3.40. The highest BCUT2D eigenvalue weighted by Crippen LogP contribution is 2.29. The number of para-hydroxylation sites is 1. The molecule has 0 fully saturated rings. The fourth-order valence-corrected chi connectivity index (χ4v) is 2.56. The van der Waals surface area contributed by atoms with E-state index in [1.807, 2.05) is 36.4 Å². The molecule has 0 unspecified atom stereocenters. The smallest absolute Gasteiger partial charge is 0.255 e. The van der Waals surface area contributed by atoms with Gasteiger partial charge in [0, 0.05) is 22.2 Å². The van der Waals surface area contributed by atoms with Gasteiger partial charge in [0.05, 0.1) is 0 Å². The Morgan fingerprint density at radius 2 is 1.76 bits per heavy atom. The van der Waals surface area contributed by atoms with Gasteiger partial charge in [0.25, 0.3) is 5.91 Å². The average Bonchev–Trinajstić information content (AvgIpc) is 3.02. The number of anilines is 1. The summed E-state index contributed by atoms with van der Waals surface area (Å²) < 4.78 is 0.